The van der Waals surface area contributed by atoms with Crippen LogP contribution in [0.15, 0.2) is 146 Å². The van der Waals surface area contributed by atoms with Crippen LogP contribution in [0.5, 0.6) is 0 Å². The Balaban J connectivity index is 1.15. The Morgan fingerprint density at radius 3 is 1.37 bits per heavy atom. The van der Waals surface area contributed by atoms with E-state index in [1.807, 2.05) is 0 Å². The third-order valence-corrected chi connectivity index (χ3v) is 12.4. The number of hydrogen-bond donors (Lipinski definition) is 0. The molecule has 7 aromatic carbocycles. The highest BCUT2D eigenvalue weighted by atomic mass is 15.2. The number of hydrogen-bond acceptors (Lipinski definition) is 2. The molecule has 7 aromatic rings. The van der Waals surface area contributed by atoms with Crippen molar-refractivity contribution in [2.75, 3.05) is 9.80 Å². The van der Waals surface area contributed by atoms with E-state index < -0.39 is 0 Å². The smallest absolute Gasteiger partial charge is 0.0544 e. The molecule has 0 saturated heterocycles. The van der Waals surface area contributed by atoms with Crippen LogP contribution in [-0.4, -0.2) is 0 Å². The molecule has 0 aliphatic carbocycles. The van der Waals surface area contributed by atoms with Crippen LogP contribution >= 0.6 is 0 Å². The minimum atomic E-state index is -0.169. The number of para-hydroxylation sites is 3. The van der Waals surface area contributed by atoms with Gasteiger partial charge in [-0.05, 0) is 104 Å². The third-order valence-electron chi connectivity index (χ3n) is 12.4. The van der Waals surface area contributed by atoms with Crippen LogP contribution in [0.2, 0.25) is 0 Å². The van der Waals surface area contributed by atoms with E-state index in [0.29, 0.717) is 0 Å². The molecule has 3 aliphatic heterocycles. The lowest BCUT2D eigenvalue weighted by Gasteiger charge is -2.55. The normalized spacial score (nSPS) is 16.5. The maximum atomic E-state index is 2.65. The van der Waals surface area contributed by atoms with Crippen LogP contribution in [0.1, 0.15) is 74.9 Å². The Kier molecular flexibility index (Phi) is 6.07. The SMILES string of the molecule is CC1(C)c2cccc3c2N2c4c1cccc4C(C)(C)c1cc(-c4ccc(N(c5ccccc5)c5ccc6ccccc6c5)cc4)cc(c12)C3(C)C. The molecule has 0 bridgehead atoms. The Bertz CT molecular complexity index is 2460. The van der Waals surface area contributed by atoms with E-state index in [2.05, 4.69) is 197 Å². The van der Waals surface area contributed by atoms with E-state index in [-0.39, 0.29) is 16.2 Å². The zero-order valence-electron chi connectivity index (χ0n) is 30.3. The number of rotatable bonds is 4. The van der Waals surface area contributed by atoms with Crippen molar-refractivity contribution in [1.29, 1.82) is 0 Å². The summed E-state index contributed by atoms with van der Waals surface area (Å²) in [6.07, 6.45) is 0. The number of anilines is 6. The summed E-state index contributed by atoms with van der Waals surface area (Å²) in [5.41, 5.74) is 18.1. The number of nitrogens with zero attached hydrogens (tertiary/aromatic N) is 2. The molecule has 0 atom stereocenters. The van der Waals surface area contributed by atoms with E-state index in [1.165, 1.54) is 72.3 Å². The number of fused-ring (bicyclic) bond motifs is 1. The van der Waals surface area contributed by atoms with Gasteiger partial charge >= 0.3 is 0 Å². The van der Waals surface area contributed by atoms with Gasteiger partial charge < -0.3 is 9.80 Å². The first-order valence-electron chi connectivity index (χ1n) is 18.3. The van der Waals surface area contributed by atoms with Crippen LogP contribution < -0.4 is 9.80 Å². The van der Waals surface area contributed by atoms with Gasteiger partial charge in [0.1, 0.15) is 0 Å². The predicted molar refractivity (Wildman–Crippen MR) is 215 cm³/mol. The minimum Gasteiger partial charge on any atom is -0.310 e. The Hall–Kier alpha value is -5.60. The fourth-order valence-corrected chi connectivity index (χ4v) is 9.49. The molecule has 0 spiro atoms. The molecule has 0 unspecified atom stereocenters. The van der Waals surface area contributed by atoms with E-state index >= 15 is 0 Å². The largest absolute Gasteiger partial charge is 0.310 e. The lowest BCUT2D eigenvalue weighted by molar-refractivity contribution is 0.567. The van der Waals surface area contributed by atoms with Gasteiger partial charge in [-0.1, -0.05) is 139 Å². The monoisotopic (exact) mass is 658 g/mol. The van der Waals surface area contributed by atoms with Crippen molar-refractivity contribution < 1.29 is 0 Å². The summed E-state index contributed by atoms with van der Waals surface area (Å²) >= 11 is 0. The summed E-state index contributed by atoms with van der Waals surface area (Å²) in [5, 5.41) is 2.48. The molecular formula is C49H42N2. The van der Waals surface area contributed by atoms with Crippen molar-refractivity contribution in [2.45, 2.75) is 57.8 Å². The first-order chi connectivity index (χ1) is 24.6. The van der Waals surface area contributed by atoms with Gasteiger partial charge in [0.25, 0.3) is 0 Å². The Morgan fingerprint density at radius 1 is 0.353 bits per heavy atom. The molecule has 3 heterocycles. The standard InChI is InChI=1S/C49H42N2/c1-47(2)38-18-12-20-40-44(38)51-45-39(47)19-13-21-41(45)49(5,6)43-30-34(29-42(46(43)51)48(40,3)4)32-22-25-36(26-23-32)50(35-16-8-7-9-17-35)37-27-24-31-14-10-11-15-33(31)28-37/h7-30H,1-6H3. The van der Waals surface area contributed by atoms with Gasteiger partial charge in [-0.15, -0.1) is 0 Å². The Labute approximate surface area is 301 Å². The molecule has 0 radical (unpaired) electrons. The quantitative estimate of drug-likeness (QED) is 0.186. The summed E-state index contributed by atoms with van der Waals surface area (Å²) in [7, 11) is 0. The Morgan fingerprint density at radius 2 is 0.804 bits per heavy atom. The van der Waals surface area contributed by atoms with E-state index in [4.69, 9.17) is 0 Å². The molecule has 0 amide bonds. The zero-order valence-corrected chi connectivity index (χ0v) is 30.3. The van der Waals surface area contributed by atoms with Gasteiger partial charge in [-0.25, -0.2) is 0 Å². The predicted octanol–water partition coefficient (Wildman–Crippen LogP) is 13.4. The zero-order chi connectivity index (χ0) is 34.9. The van der Waals surface area contributed by atoms with Gasteiger partial charge in [0.2, 0.25) is 0 Å². The summed E-state index contributed by atoms with van der Waals surface area (Å²) in [4.78, 5) is 5.01. The lowest BCUT2D eigenvalue weighted by Crippen LogP contribution is -2.43. The second-order valence-electron chi connectivity index (χ2n) is 16.3. The van der Waals surface area contributed by atoms with Gasteiger partial charge in [-0.3, -0.25) is 0 Å². The average molecular weight is 659 g/mol. The van der Waals surface area contributed by atoms with Gasteiger partial charge in [0.15, 0.2) is 0 Å². The van der Waals surface area contributed by atoms with Crippen LogP contribution in [0, 0.1) is 0 Å². The molecule has 0 fully saturated rings. The summed E-state index contributed by atoms with van der Waals surface area (Å²) in [6, 6.07) is 54.3. The maximum absolute atomic E-state index is 2.65. The molecule has 0 aromatic heterocycles. The fourth-order valence-electron chi connectivity index (χ4n) is 9.49. The molecule has 10 rings (SSSR count). The average Bonchev–Trinajstić information content (AvgIpc) is 3.14. The van der Waals surface area contributed by atoms with E-state index in [9.17, 15) is 0 Å². The maximum Gasteiger partial charge on any atom is 0.0544 e. The second-order valence-corrected chi connectivity index (χ2v) is 16.3. The number of benzene rings is 7. The van der Waals surface area contributed by atoms with Crippen LogP contribution in [0.3, 0.4) is 0 Å². The van der Waals surface area contributed by atoms with Crippen molar-refractivity contribution in [3.63, 3.8) is 0 Å². The van der Waals surface area contributed by atoms with Gasteiger partial charge in [-0.2, -0.15) is 0 Å². The van der Waals surface area contributed by atoms with E-state index in [0.717, 1.165) is 17.1 Å². The van der Waals surface area contributed by atoms with Crippen LogP contribution in [-0.2, 0) is 16.2 Å². The van der Waals surface area contributed by atoms with Crippen molar-refractivity contribution in [2.24, 2.45) is 0 Å². The first kappa shape index (κ1) is 30.2. The molecule has 0 N–H and O–H groups in total. The highest BCUT2D eigenvalue weighted by molar-refractivity contribution is 5.99. The minimum absolute atomic E-state index is 0.0868. The van der Waals surface area contributed by atoms with E-state index in [1.54, 1.807) is 0 Å². The lowest BCUT2D eigenvalue weighted by atomic mass is 9.60. The molecule has 0 saturated carbocycles. The molecule has 248 valence electrons. The summed E-state index contributed by atoms with van der Waals surface area (Å²) in [6.45, 7) is 14.5. The van der Waals surface area contributed by atoms with Crippen LogP contribution in [0.25, 0.3) is 21.9 Å². The van der Waals surface area contributed by atoms with Crippen molar-refractivity contribution in [1.82, 2.24) is 0 Å². The molecular weight excluding hydrogens is 617 g/mol. The highest BCUT2D eigenvalue weighted by Gasteiger charge is 2.51. The summed E-state index contributed by atoms with van der Waals surface area (Å²) in [5.74, 6) is 0. The van der Waals surface area contributed by atoms with Crippen molar-refractivity contribution in [3.05, 3.63) is 179 Å². The topological polar surface area (TPSA) is 6.48 Å². The van der Waals surface area contributed by atoms with Crippen LogP contribution in [0.4, 0.5) is 34.1 Å². The first-order valence-corrected chi connectivity index (χ1v) is 18.3. The summed E-state index contributed by atoms with van der Waals surface area (Å²) < 4.78 is 0. The molecule has 51 heavy (non-hydrogen) atoms. The van der Waals surface area contributed by atoms with Crippen molar-refractivity contribution in [3.8, 4) is 11.1 Å². The third kappa shape index (κ3) is 4.05. The van der Waals surface area contributed by atoms with Gasteiger partial charge in [0, 0.05) is 33.3 Å². The molecule has 2 nitrogen and oxygen atoms in total. The second kappa shape index (κ2) is 10.2. The molecule has 2 heteroatoms. The highest BCUT2D eigenvalue weighted by Crippen LogP contribution is 2.66. The van der Waals surface area contributed by atoms with Gasteiger partial charge in [0.05, 0.1) is 17.1 Å². The molecule has 3 aliphatic rings. The van der Waals surface area contributed by atoms with Crippen molar-refractivity contribution >= 4 is 44.9 Å². The fraction of sp³-hybridized carbons (Fsp3) is 0.184.